The van der Waals surface area contributed by atoms with Crippen LogP contribution in [-0.2, 0) is 16.1 Å². The van der Waals surface area contributed by atoms with Gasteiger partial charge in [-0.15, -0.1) is 0 Å². The summed E-state index contributed by atoms with van der Waals surface area (Å²) in [5.74, 6) is -0.914. The Kier molecular flexibility index (Phi) is 5.82. The first-order valence-electron chi connectivity index (χ1n) is 7.29. The zero-order chi connectivity index (χ0) is 18.8. The average molecular weight is 474 g/mol. The number of halogens is 3. The minimum atomic E-state index is -0.488. The van der Waals surface area contributed by atoms with Gasteiger partial charge < -0.3 is 9.30 Å². The second-order valence-electron chi connectivity index (χ2n) is 5.18. The highest BCUT2D eigenvalue weighted by molar-refractivity contribution is 9.10. The fraction of sp³-hybridized carbons (Fsp3) is 0.118. The molecule has 0 aliphatic rings. The van der Waals surface area contributed by atoms with Crippen LogP contribution in [0, 0.1) is 0 Å². The topological polar surface area (TPSA) is 60.7 Å². The molecule has 1 amide bonds. The summed E-state index contributed by atoms with van der Waals surface area (Å²) in [5.41, 5.74) is 0.969. The number of thiazole rings is 1. The molecule has 0 fully saturated rings. The van der Waals surface area contributed by atoms with Crippen molar-refractivity contribution in [2.24, 2.45) is 4.99 Å². The molecule has 2 aromatic carbocycles. The number of aromatic nitrogens is 1. The molecule has 0 aliphatic carbocycles. The van der Waals surface area contributed by atoms with Gasteiger partial charge in [-0.05, 0) is 36.4 Å². The highest BCUT2D eigenvalue weighted by atomic mass is 79.9. The van der Waals surface area contributed by atoms with E-state index in [0.717, 1.165) is 9.17 Å². The summed E-state index contributed by atoms with van der Waals surface area (Å²) in [6.07, 6.45) is 0. The predicted octanol–water partition coefficient (Wildman–Crippen LogP) is 4.69. The van der Waals surface area contributed by atoms with Gasteiger partial charge in [0.05, 0.1) is 27.4 Å². The lowest BCUT2D eigenvalue weighted by Gasteiger charge is -2.06. The van der Waals surface area contributed by atoms with Crippen LogP contribution in [-0.4, -0.2) is 23.6 Å². The summed E-state index contributed by atoms with van der Waals surface area (Å²) >= 11 is 17.0. The Bertz CT molecular complexity index is 1070. The zero-order valence-electron chi connectivity index (χ0n) is 13.3. The van der Waals surface area contributed by atoms with Crippen LogP contribution in [0.5, 0.6) is 0 Å². The van der Waals surface area contributed by atoms with Crippen molar-refractivity contribution in [1.82, 2.24) is 4.57 Å². The van der Waals surface area contributed by atoms with Crippen molar-refractivity contribution in [3.05, 3.63) is 61.3 Å². The molecule has 0 unspecified atom stereocenters. The Labute approximate surface area is 171 Å². The zero-order valence-corrected chi connectivity index (χ0v) is 17.2. The fourth-order valence-corrected chi connectivity index (χ4v) is 4.05. The third kappa shape index (κ3) is 3.86. The molecule has 0 N–H and O–H groups in total. The van der Waals surface area contributed by atoms with E-state index in [1.807, 2.05) is 0 Å². The van der Waals surface area contributed by atoms with Crippen LogP contribution in [0.2, 0.25) is 10.0 Å². The molecule has 26 heavy (non-hydrogen) atoms. The number of nitrogens with zero attached hydrogens (tertiary/aromatic N) is 2. The number of benzene rings is 2. The average Bonchev–Trinajstić information content (AvgIpc) is 2.96. The molecule has 3 rings (SSSR count). The third-order valence-corrected chi connectivity index (χ3v) is 5.90. The van der Waals surface area contributed by atoms with E-state index in [0.29, 0.717) is 25.9 Å². The molecule has 3 aromatic rings. The molecule has 1 aromatic heterocycles. The minimum Gasteiger partial charge on any atom is -0.468 e. The number of esters is 1. The SMILES string of the molecule is COC(=O)Cn1c(=NC(=O)c2ccc(Br)cc2)sc2ccc(Cl)c(Cl)c21. The first-order chi connectivity index (χ1) is 12.4. The maximum Gasteiger partial charge on any atom is 0.325 e. The molecule has 5 nitrogen and oxygen atoms in total. The molecule has 0 spiro atoms. The molecule has 0 aliphatic heterocycles. The molecule has 134 valence electrons. The number of hydrogen-bond acceptors (Lipinski definition) is 4. The highest BCUT2D eigenvalue weighted by Crippen LogP contribution is 2.32. The lowest BCUT2D eigenvalue weighted by atomic mass is 10.2. The summed E-state index contributed by atoms with van der Waals surface area (Å²) in [6, 6.07) is 10.3. The Hall–Kier alpha value is -1.67. The summed E-state index contributed by atoms with van der Waals surface area (Å²) in [5, 5.41) is 0.642. The normalized spacial score (nSPS) is 11.8. The lowest BCUT2D eigenvalue weighted by molar-refractivity contribution is -0.141. The molecular weight excluding hydrogens is 463 g/mol. The molecule has 0 radical (unpaired) electrons. The van der Waals surface area contributed by atoms with Gasteiger partial charge in [0, 0.05) is 10.0 Å². The van der Waals surface area contributed by atoms with Gasteiger partial charge in [-0.2, -0.15) is 4.99 Å². The number of rotatable bonds is 3. The number of fused-ring (bicyclic) bond motifs is 1. The van der Waals surface area contributed by atoms with Gasteiger partial charge in [-0.1, -0.05) is 50.5 Å². The van der Waals surface area contributed by atoms with Crippen LogP contribution in [0.3, 0.4) is 0 Å². The van der Waals surface area contributed by atoms with Gasteiger partial charge in [0.1, 0.15) is 6.54 Å². The molecule has 1 heterocycles. The molecular formula is C17H11BrCl2N2O3S. The fourth-order valence-electron chi connectivity index (χ4n) is 2.27. The minimum absolute atomic E-state index is 0.136. The summed E-state index contributed by atoms with van der Waals surface area (Å²) in [4.78, 5) is 28.8. The van der Waals surface area contributed by atoms with Crippen molar-refractivity contribution in [2.75, 3.05) is 7.11 Å². The number of amides is 1. The van der Waals surface area contributed by atoms with Crippen LogP contribution < -0.4 is 4.80 Å². The summed E-state index contributed by atoms with van der Waals surface area (Å²) in [6.45, 7) is -0.136. The number of methoxy groups -OCH3 is 1. The van der Waals surface area contributed by atoms with Crippen molar-refractivity contribution < 1.29 is 14.3 Å². The van der Waals surface area contributed by atoms with Gasteiger partial charge in [0.25, 0.3) is 5.91 Å². The van der Waals surface area contributed by atoms with E-state index in [9.17, 15) is 9.59 Å². The van der Waals surface area contributed by atoms with E-state index >= 15 is 0 Å². The van der Waals surface area contributed by atoms with Crippen molar-refractivity contribution in [3.8, 4) is 0 Å². The van der Waals surface area contributed by atoms with Gasteiger partial charge in [0.2, 0.25) is 0 Å². The Balaban J connectivity index is 2.19. The van der Waals surface area contributed by atoms with E-state index in [2.05, 4.69) is 20.9 Å². The van der Waals surface area contributed by atoms with Crippen molar-refractivity contribution in [2.45, 2.75) is 6.54 Å². The van der Waals surface area contributed by atoms with Gasteiger partial charge >= 0.3 is 5.97 Å². The highest BCUT2D eigenvalue weighted by Gasteiger charge is 2.16. The summed E-state index contributed by atoms with van der Waals surface area (Å²) in [7, 11) is 1.29. The van der Waals surface area contributed by atoms with Gasteiger partial charge in [0.15, 0.2) is 4.80 Å². The van der Waals surface area contributed by atoms with Crippen molar-refractivity contribution in [1.29, 1.82) is 0 Å². The summed E-state index contributed by atoms with van der Waals surface area (Å²) < 4.78 is 7.89. The first-order valence-corrected chi connectivity index (χ1v) is 9.66. The van der Waals surface area contributed by atoms with E-state index in [-0.39, 0.29) is 6.54 Å². The maximum absolute atomic E-state index is 12.5. The molecule has 0 saturated heterocycles. The number of hydrogen-bond donors (Lipinski definition) is 0. The van der Waals surface area contributed by atoms with Crippen LogP contribution in [0.15, 0.2) is 45.9 Å². The molecule has 0 atom stereocenters. The molecule has 0 saturated carbocycles. The smallest absolute Gasteiger partial charge is 0.325 e. The number of carbonyl (C=O) groups is 2. The number of ether oxygens (including phenoxy) is 1. The number of carbonyl (C=O) groups excluding carboxylic acids is 2. The quantitative estimate of drug-likeness (QED) is 0.518. The van der Waals surface area contributed by atoms with E-state index in [4.69, 9.17) is 27.9 Å². The monoisotopic (exact) mass is 472 g/mol. The lowest BCUT2D eigenvalue weighted by Crippen LogP contribution is -2.22. The van der Waals surface area contributed by atoms with Crippen molar-refractivity contribution >= 4 is 72.6 Å². The Morgan fingerprint density at radius 2 is 1.88 bits per heavy atom. The molecule has 9 heteroatoms. The Morgan fingerprint density at radius 1 is 1.19 bits per heavy atom. The Morgan fingerprint density at radius 3 is 2.54 bits per heavy atom. The molecule has 0 bridgehead atoms. The van der Waals surface area contributed by atoms with Crippen molar-refractivity contribution in [3.63, 3.8) is 0 Å². The first kappa shape index (κ1) is 19.1. The van der Waals surface area contributed by atoms with E-state index < -0.39 is 11.9 Å². The predicted molar refractivity (Wildman–Crippen MR) is 106 cm³/mol. The van der Waals surface area contributed by atoms with Crippen LogP contribution in [0.25, 0.3) is 10.2 Å². The largest absolute Gasteiger partial charge is 0.468 e. The van der Waals surface area contributed by atoms with E-state index in [1.54, 1.807) is 36.4 Å². The van der Waals surface area contributed by atoms with Crippen LogP contribution in [0.4, 0.5) is 0 Å². The second kappa shape index (κ2) is 7.92. The van der Waals surface area contributed by atoms with Gasteiger partial charge in [-0.3, -0.25) is 9.59 Å². The van der Waals surface area contributed by atoms with Crippen LogP contribution in [0.1, 0.15) is 10.4 Å². The van der Waals surface area contributed by atoms with Crippen LogP contribution >= 0.6 is 50.5 Å². The maximum atomic E-state index is 12.5. The standard InChI is InChI=1S/C17H11BrCl2N2O3S/c1-25-13(23)8-22-15-12(7-6-11(19)14(15)20)26-17(22)21-16(24)9-2-4-10(18)5-3-9/h2-7H,8H2,1H3. The van der Waals surface area contributed by atoms with E-state index in [1.165, 1.54) is 23.0 Å². The third-order valence-electron chi connectivity index (χ3n) is 3.54. The van der Waals surface area contributed by atoms with Gasteiger partial charge in [-0.25, -0.2) is 0 Å². The second-order valence-corrected chi connectivity index (χ2v) is 7.89.